The first-order valence-electron chi connectivity index (χ1n) is 10.7. The van der Waals surface area contributed by atoms with Crippen molar-refractivity contribution in [3.63, 3.8) is 0 Å². The molecule has 1 aliphatic rings. The van der Waals surface area contributed by atoms with Gasteiger partial charge in [-0.3, -0.25) is 4.79 Å². The van der Waals surface area contributed by atoms with Crippen LogP contribution in [0.1, 0.15) is 49.0 Å². The van der Waals surface area contributed by atoms with E-state index in [1.54, 1.807) is 6.20 Å². The van der Waals surface area contributed by atoms with Crippen molar-refractivity contribution in [1.29, 1.82) is 0 Å². The van der Waals surface area contributed by atoms with E-state index in [9.17, 15) is 4.79 Å². The molecule has 0 unspecified atom stereocenters. The molecule has 156 valence electrons. The lowest BCUT2D eigenvalue weighted by Crippen LogP contribution is -2.43. The van der Waals surface area contributed by atoms with Crippen LogP contribution in [0.4, 0.5) is 11.5 Å². The highest BCUT2D eigenvalue weighted by atomic mass is 35.5. The molecule has 1 saturated carbocycles. The van der Waals surface area contributed by atoms with Crippen molar-refractivity contribution < 1.29 is 4.79 Å². The van der Waals surface area contributed by atoms with Crippen LogP contribution in [-0.2, 0) is 0 Å². The van der Waals surface area contributed by atoms with E-state index in [4.69, 9.17) is 11.6 Å². The third-order valence-corrected chi connectivity index (χ3v) is 6.90. The monoisotopic (exact) mass is 421 g/mol. The number of pyridine rings is 1. The zero-order valence-electron chi connectivity index (χ0n) is 17.7. The Bertz CT molecular complexity index is 1080. The fraction of sp³-hybridized carbons (Fsp3) is 0.360. The lowest BCUT2D eigenvalue weighted by atomic mass is 9.78. The van der Waals surface area contributed by atoms with Gasteiger partial charge in [0.25, 0.3) is 5.91 Å². The van der Waals surface area contributed by atoms with Gasteiger partial charge in [-0.1, -0.05) is 68.6 Å². The average Bonchev–Trinajstić information content (AvgIpc) is 2.74. The van der Waals surface area contributed by atoms with E-state index in [-0.39, 0.29) is 11.9 Å². The number of anilines is 2. The summed E-state index contributed by atoms with van der Waals surface area (Å²) in [5, 5.41) is 9.13. The maximum Gasteiger partial charge on any atom is 0.253 e. The second kappa shape index (κ2) is 8.65. The second-order valence-electron chi connectivity index (χ2n) is 8.50. The van der Waals surface area contributed by atoms with E-state index < -0.39 is 0 Å². The number of carbonyl (C=O) groups excluding carboxylic acids is 1. The molecule has 1 aromatic heterocycles. The van der Waals surface area contributed by atoms with Gasteiger partial charge in [-0.15, -0.1) is 0 Å². The van der Waals surface area contributed by atoms with Crippen molar-refractivity contribution in [3.05, 3.63) is 64.8 Å². The summed E-state index contributed by atoms with van der Waals surface area (Å²) in [5.74, 6) is 1.78. The Morgan fingerprint density at radius 1 is 1.10 bits per heavy atom. The number of nitrogens with one attached hydrogen (secondary N) is 2. The Balaban J connectivity index is 1.63. The smallest absolute Gasteiger partial charge is 0.253 e. The SMILES string of the molecule is Cc1ccc(Nc2ncc(C(=O)N[C@@H]3CCC[C@@H](C)[C@H]3C)c3ccccc23)cc1Cl. The van der Waals surface area contributed by atoms with Crippen molar-refractivity contribution in [2.45, 2.75) is 46.1 Å². The van der Waals surface area contributed by atoms with E-state index in [1.165, 1.54) is 6.42 Å². The Kier molecular flexibility index (Phi) is 5.96. The highest BCUT2D eigenvalue weighted by molar-refractivity contribution is 6.31. The van der Waals surface area contributed by atoms with Crippen LogP contribution >= 0.6 is 11.6 Å². The lowest BCUT2D eigenvalue weighted by molar-refractivity contribution is 0.0892. The molecule has 4 rings (SSSR count). The zero-order chi connectivity index (χ0) is 21.3. The number of carbonyl (C=O) groups is 1. The first-order chi connectivity index (χ1) is 14.4. The first kappa shape index (κ1) is 20.7. The maximum atomic E-state index is 13.1. The van der Waals surface area contributed by atoms with Gasteiger partial charge in [0.05, 0.1) is 5.56 Å². The van der Waals surface area contributed by atoms with Crippen LogP contribution in [0.5, 0.6) is 0 Å². The quantitative estimate of drug-likeness (QED) is 0.505. The molecule has 2 aromatic carbocycles. The number of hydrogen-bond acceptors (Lipinski definition) is 3. The Labute approximate surface area is 183 Å². The molecular formula is C25H28ClN3O. The van der Waals surface area contributed by atoms with Crippen molar-refractivity contribution in [3.8, 4) is 0 Å². The molecule has 1 fully saturated rings. The van der Waals surface area contributed by atoms with E-state index >= 15 is 0 Å². The van der Waals surface area contributed by atoms with Crippen LogP contribution in [0.15, 0.2) is 48.7 Å². The summed E-state index contributed by atoms with van der Waals surface area (Å²) in [6.45, 7) is 6.49. The number of nitrogens with zero attached hydrogens (tertiary/aromatic N) is 1. The molecule has 4 nitrogen and oxygen atoms in total. The van der Waals surface area contributed by atoms with E-state index in [0.717, 1.165) is 34.9 Å². The summed E-state index contributed by atoms with van der Waals surface area (Å²) in [4.78, 5) is 17.7. The summed E-state index contributed by atoms with van der Waals surface area (Å²) in [6.07, 6.45) is 5.11. The van der Waals surface area contributed by atoms with Crippen molar-refractivity contribution in [2.75, 3.05) is 5.32 Å². The number of fused-ring (bicyclic) bond motifs is 1. The van der Waals surface area contributed by atoms with Gasteiger partial charge in [-0.2, -0.15) is 0 Å². The van der Waals surface area contributed by atoms with Crippen LogP contribution < -0.4 is 10.6 Å². The minimum atomic E-state index is -0.0467. The molecule has 1 aliphatic carbocycles. The molecule has 0 aliphatic heterocycles. The highest BCUT2D eigenvalue weighted by Gasteiger charge is 2.29. The number of aryl methyl sites for hydroxylation is 1. The van der Waals surface area contributed by atoms with Gasteiger partial charge >= 0.3 is 0 Å². The largest absolute Gasteiger partial charge is 0.349 e. The Morgan fingerprint density at radius 2 is 1.87 bits per heavy atom. The molecule has 0 radical (unpaired) electrons. The van der Waals surface area contributed by atoms with Crippen molar-refractivity contribution >= 4 is 39.8 Å². The summed E-state index contributed by atoms with van der Waals surface area (Å²) in [5.41, 5.74) is 2.51. The second-order valence-corrected chi connectivity index (χ2v) is 8.91. The molecule has 30 heavy (non-hydrogen) atoms. The van der Waals surface area contributed by atoms with Gasteiger partial charge in [0.1, 0.15) is 5.82 Å². The summed E-state index contributed by atoms with van der Waals surface area (Å²) < 4.78 is 0. The molecule has 3 atom stereocenters. The maximum absolute atomic E-state index is 13.1. The van der Waals surface area contributed by atoms with Crippen LogP contribution in [0, 0.1) is 18.8 Å². The lowest BCUT2D eigenvalue weighted by Gasteiger charge is -2.34. The van der Waals surface area contributed by atoms with Gasteiger partial charge in [-0.05, 0) is 48.3 Å². The number of halogens is 1. The standard InChI is InChI=1S/C25H28ClN3O/c1-15-7-6-10-23(17(15)3)29-25(30)21-14-27-24(20-9-5-4-8-19(20)21)28-18-12-11-16(2)22(26)13-18/h4-5,8-9,11-15,17,23H,6-7,10H2,1-3H3,(H,27,28)(H,29,30)/t15-,17-,23-/m1/s1. The van der Waals surface area contributed by atoms with Gasteiger partial charge in [0.2, 0.25) is 0 Å². The minimum Gasteiger partial charge on any atom is -0.349 e. The predicted octanol–water partition coefficient (Wildman–Crippen LogP) is 6.49. The number of aromatic nitrogens is 1. The van der Waals surface area contributed by atoms with Gasteiger partial charge in [-0.25, -0.2) is 4.98 Å². The zero-order valence-corrected chi connectivity index (χ0v) is 18.5. The topological polar surface area (TPSA) is 54.0 Å². The van der Waals surface area contributed by atoms with Crippen LogP contribution in [0.3, 0.4) is 0 Å². The molecule has 5 heteroatoms. The summed E-state index contributed by atoms with van der Waals surface area (Å²) in [7, 11) is 0. The first-order valence-corrected chi connectivity index (χ1v) is 11.0. The average molecular weight is 422 g/mol. The summed E-state index contributed by atoms with van der Waals surface area (Å²) >= 11 is 6.27. The van der Waals surface area contributed by atoms with Gasteiger partial charge < -0.3 is 10.6 Å². The normalized spacial score (nSPS) is 21.4. The molecule has 3 aromatic rings. The fourth-order valence-corrected chi connectivity index (χ4v) is 4.49. The molecule has 0 saturated heterocycles. The van der Waals surface area contributed by atoms with Crippen LogP contribution in [-0.4, -0.2) is 16.9 Å². The highest BCUT2D eigenvalue weighted by Crippen LogP contribution is 2.31. The number of benzene rings is 2. The van der Waals surface area contributed by atoms with E-state index in [1.807, 2.05) is 49.4 Å². The van der Waals surface area contributed by atoms with E-state index in [0.29, 0.717) is 28.2 Å². The summed E-state index contributed by atoms with van der Waals surface area (Å²) in [6, 6.07) is 13.9. The van der Waals surface area contributed by atoms with Gasteiger partial charge in [0, 0.05) is 28.3 Å². The molecular weight excluding hydrogens is 394 g/mol. The molecule has 2 N–H and O–H groups in total. The Morgan fingerprint density at radius 3 is 2.63 bits per heavy atom. The van der Waals surface area contributed by atoms with Gasteiger partial charge in [0.15, 0.2) is 0 Å². The number of hydrogen-bond donors (Lipinski definition) is 2. The third-order valence-electron chi connectivity index (χ3n) is 6.50. The van der Waals surface area contributed by atoms with E-state index in [2.05, 4.69) is 29.5 Å². The minimum absolute atomic E-state index is 0.0467. The van der Waals surface area contributed by atoms with Crippen molar-refractivity contribution in [1.82, 2.24) is 10.3 Å². The van der Waals surface area contributed by atoms with Crippen molar-refractivity contribution in [2.24, 2.45) is 11.8 Å². The molecule has 0 spiro atoms. The fourth-order valence-electron chi connectivity index (χ4n) is 4.31. The van der Waals surface area contributed by atoms with Crippen LogP contribution in [0.2, 0.25) is 5.02 Å². The molecule has 0 bridgehead atoms. The number of rotatable bonds is 4. The Hall–Kier alpha value is -2.59. The predicted molar refractivity (Wildman–Crippen MR) is 125 cm³/mol. The molecule has 1 amide bonds. The van der Waals surface area contributed by atoms with Crippen LogP contribution in [0.25, 0.3) is 10.8 Å². The molecule has 1 heterocycles. The third kappa shape index (κ3) is 4.15. The number of amides is 1.